The molecule has 0 aliphatic rings. The molecule has 18 heavy (non-hydrogen) atoms. The van der Waals surface area contributed by atoms with E-state index in [1.165, 1.54) is 32.1 Å². The van der Waals surface area contributed by atoms with Crippen molar-refractivity contribution in [3.8, 4) is 0 Å². The second-order valence-electron chi connectivity index (χ2n) is 4.71. The van der Waals surface area contributed by atoms with Crippen LogP contribution in [0.2, 0.25) is 0 Å². The van der Waals surface area contributed by atoms with Crippen molar-refractivity contribution in [2.75, 3.05) is 5.32 Å². The SMILES string of the molecule is CCCCC(CCC)Nc1nc2ccccn2n1. The minimum Gasteiger partial charge on any atom is -0.350 e. The Morgan fingerprint density at radius 3 is 2.83 bits per heavy atom. The number of pyridine rings is 1. The lowest BCUT2D eigenvalue weighted by Gasteiger charge is -2.16. The summed E-state index contributed by atoms with van der Waals surface area (Å²) in [5, 5.41) is 7.90. The van der Waals surface area contributed by atoms with E-state index >= 15 is 0 Å². The third-order valence-electron chi connectivity index (χ3n) is 3.12. The fourth-order valence-corrected chi connectivity index (χ4v) is 2.16. The van der Waals surface area contributed by atoms with Crippen LogP contribution in [0.3, 0.4) is 0 Å². The lowest BCUT2D eigenvalue weighted by molar-refractivity contribution is 0.561. The van der Waals surface area contributed by atoms with Crippen molar-refractivity contribution in [3.63, 3.8) is 0 Å². The van der Waals surface area contributed by atoms with E-state index in [2.05, 4.69) is 29.2 Å². The molecule has 0 bridgehead atoms. The van der Waals surface area contributed by atoms with Crippen LogP contribution in [0.5, 0.6) is 0 Å². The van der Waals surface area contributed by atoms with Gasteiger partial charge in [-0.2, -0.15) is 4.98 Å². The zero-order chi connectivity index (χ0) is 12.8. The molecule has 2 heterocycles. The number of hydrogen-bond acceptors (Lipinski definition) is 3. The van der Waals surface area contributed by atoms with Crippen molar-refractivity contribution >= 4 is 11.6 Å². The summed E-state index contributed by atoms with van der Waals surface area (Å²) in [5.74, 6) is 0.746. The molecule has 0 spiro atoms. The minimum absolute atomic E-state index is 0.493. The quantitative estimate of drug-likeness (QED) is 0.813. The molecular formula is C14H22N4. The van der Waals surface area contributed by atoms with E-state index in [9.17, 15) is 0 Å². The van der Waals surface area contributed by atoms with Crippen LogP contribution in [0.4, 0.5) is 5.95 Å². The van der Waals surface area contributed by atoms with Gasteiger partial charge in [-0.3, -0.25) is 0 Å². The van der Waals surface area contributed by atoms with Crippen LogP contribution in [-0.4, -0.2) is 20.6 Å². The Balaban J connectivity index is 2.05. The van der Waals surface area contributed by atoms with Gasteiger partial charge in [-0.25, -0.2) is 4.52 Å². The largest absolute Gasteiger partial charge is 0.350 e. The number of nitrogens with one attached hydrogen (secondary N) is 1. The van der Waals surface area contributed by atoms with E-state index in [0.717, 1.165) is 11.6 Å². The molecule has 0 aromatic carbocycles. The summed E-state index contributed by atoms with van der Waals surface area (Å²) >= 11 is 0. The molecule has 1 N–H and O–H groups in total. The highest BCUT2D eigenvalue weighted by atomic mass is 15.3. The van der Waals surface area contributed by atoms with Gasteiger partial charge in [-0.05, 0) is 25.0 Å². The third-order valence-corrected chi connectivity index (χ3v) is 3.12. The first-order valence-corrected chi connectivity index (χ1v) is 6.91. The summed E-state index contributed by atoms with van der Waals surface area (Å²) in [6.45, 7) is 4.45. The maximum atomic E-state index is 4.48. The van der Waals surface area contributed by atoms with Gasteiger partial charge in [-0.15, -0.1) is 5.10 Å². The lowest BCUT2D eigenvalue weighted by Crippen LogP contribution is -2.20. The Morgan fingerprint density at radius 2 is 2.11 bits per heavy atom. The van der Waals surface area contributed by atoms with Crippen LogP contribution in [0.25, 0.3) is 5.65 Å². The summed E-state index contributed by atoms with van der Waals surface area (Å²) in [6, 6.07) is 6.41. The molecule has 0 radical (unpaired) electrons. The first-order valence-electron chi connectivity index (χ1n) is 6.91. The van der Waals surface area contributed by atoms with Gasteiger partial charge in [0.05, 0.1) is 0 Å². The molecule has 0 aliphatic heterocycles. The number of aromatic nitrogens is 3. The van der Waals surface area contributed by atoms with Crippen LogP contribution < -0.4 is 5.32 Å². The van der Waals surface area contributed by atoms with Gasteiger partial charge in [-0.1, -0.05) is 39.2 Å². The number of nitrogens with zero attached hydrogens (tertiary/aromatic N) is 3. The van der Waals surface area contributed by atoms with Crippen molar-refractivity contribution in [2.24, 2.45) is 0 Å². The van der Waals surface area contributed by atoms with E-state index in [-0.39, 0.29) is 0 Å². The molecule has 0 saturated carbocycles. The Kier molecular flexibility index (Phi) is 4.56. The first-order chi connectivity index (χ1) is 8.83. The molecule has 1 atom stereocenters. The van der Waals surface area contributed by atoms with E-state index in [1.807, 2.05) is 28.9 Å². The van der Waals surface area contributed by atoms with Gasteiger partial charge < -0.3 is 5.32 Å². The van der Waals surface area contributed by atoms with Gasteiger partial charge in [0.1, 0.15) is 0 Å². The molecule has 0 saturated heterocycles. The molecule has 2 aromatic rings. The molecular weight excluding hydrogens is 224 g/mol. The normalized spacial score (nSPS) is 12.8. The number of rotatable bonds is 7. The summed E-state index contributed by atoms with van der Waals surface area (Å²) in [6.07, 6.45) is 7.98. The van der Waals surface area contributed by atoms with Crippen molar-refractivity contribution in [2.45, 2.75) is 52.0 Å². The van der Waals surface area contributed by atoms with Crippen LogP contribution >= 0.6 is 0 Å². The van der Waals surface area contributed by atoms with Crippen LogP contribution in [-0.2, 0) is 0 Å². The molecule has 0 amide bonds. The maximum absolute atomic E-state index is 4.48. The van der Waals surface area contributed by atoms with Crippen molar-refractivity contribution in [1.82, 2.24) is 14.6 Å². The monoisotopic (exact) mass is 246 g/mol. The Morgan fingerprint density at radius 1 is 1.22 bits per heavy atom. The zero-order valence-corrected chi connectivity index (χ0v) is 11.3. The summed E-state index contributed by atoms with van der Waals surface area (Å²) in [5.41, 5.74) is 0.894. The Hall–Kier alpha value is -1.58. The van der Waals surface area contributed by atoms with Gasteiger partial charge in [0, 0.05) is 12.2 Å². The fraction of sp³-hybridized carbons (Fsp3) is 0.571. The van der Waals surface area contributed by atoms with E-state index in [1.54, 1.807) is 0 Å². The average molecular weight is 246 g/mol. The van der Waals surface area contributed by atoms with Gasteiger partial charge >= 0.3 is 0 Å². The second-order valence-corrected chi connectivity index (χ2v) is 4.71. The van der Waals surface area contributed by atoms with Crippen molar-refractivity contribution in [1.29, 1.82) is 0 Å². The van der Waals surface area contributed by atoms with Gasteiger partial charge in [0.15, 0.2) is 5.65 Å². The van der Waals surface area contributed by atoms with Gasteiger partial charge in [0.25, 0.3) is 0 Å². The van der Waals surface area contributed by atoms with Crippen LogP contribution in [0.1, 0.15) is 46.0 Å². The predicted octanol–water partition coefficient (Wildman–Crippen LogP) is 3.50. The molecule has 4 heteroatoms. The average Bonchev–Trinajstić information content (AvgIpc) is 2.78. The molecule has 2 rings (SSSR count). The second kappa shape index (κ2) is 6.38. The lowest BCUT2D eigenvalue weighted by atomic mass is 10.1. The molecule has 98 valence electrons. The molecule has 0 aliphatic carbocycles. The summed E-state index contributed by atoms with van der Waals surface area (Å²) in [4.78, 5) is 4.48. The van der Waals surface area contributed by atoms with Crippen LogP contribution in [0.15, 0.2) is 24.4 Å². The molecule has 2 aromatic heterocycles. The fourth-order valence-electron chi connectivity index (χ4n) is 2.16. The smallest absolute Gasteiger partial charge is 0.243 e. The topological polar surface area (TPSA) is 42.2 Å². The third kappa shape index (κ3) is 3.22. The highest BCUT2D eigenvalue weighted by molar-refractivity contribution is 5.43. The number of unbranched alkanes of at least 4 members (excludes halogenated alkanes) is 1. The van der Waals surface area contributed by atoms with E-state index < -0.39 is 0 Å². The molecule has 0 fully saturated rings. The van der Waals surface area contributed by atoms with Crippen LogP contribution in [0, 0.1) is 0 Å². The summed E-state index contributed by atoms with van der Waals surface area (Å²) < 4.78 is 1.81. The molecule has 1 unspecified atom stereocenters. The van der Waals surface area contributed by atoms with E-state index in [4.69, 9.17) is 0 Å². The summed E-state index contributed by atoms with van der Waals surface area (Å²) in [7, 11) is 0. The zero-order valence-electron chi connectivity index (χ0n) is 11.3. The molecule has 4 nitrogen and oxygen atoms in total. The maximum Gasteiger partial charge on any atom is 0.243 e. The van der Waals surface area contributed by atoms with E-state index in [0.29, 0.717) is 6.04 Å². The van der Waals surface area contributed by atoms with Crippen molar-refractivity contribution in [3.05, 3.63) is 24.4 Å². The first kappa shape index (κ1) is 12.9. The van der Waals surface area contributed by atoms with Crippen molar-refractivity contribution < 1.29 is 0 Å². The number of fused-ring (bicyclic) bond motifs is 1. The predicted molar refractivity (Wildman–Crippen MR) is 74.8 cm³/mol. The Bertz CT molecular complexity index is 444. The highest BCUT2D eigenvalue weighted by Gasteiger charge is 2.10. The minimum atomic E-state index is 0.493. The standard InChI is InChI=1S/C14H22N4/c1-3-5-9-12(8-4-2)15-14-16-13-10-6-7-11-18(13)17-14/h6-7,10-12H,3-5,8-9H2,1-2H3,(H,15,17). The number of hydrogen-bond donors (Lipinski definition) is 1. The number of anilines is 1. The highest BCUT2D eigenvalue weighted by Crippen LogP contribution is 2.13. The van der Waals surface area contributed by atoms with Gasteiger partial charge in [0.2, 0.25) is 5.95 Å². The Labute approximate surface area is 108 Å².